The maximum Gasteiger partial charge on any atom is 0.306 e. The molecule has 0 fully saturated rings. The van der Waals surface area contributed by atoms with E-state index in [0.29, 0.717) is 0 Å². The zero-order valence-electron chi connectivity index (χ0n) is 11.8. The predicted molar refractivity (Wildman–Crippen MR) is 69.6 cm³/mol. The van der Waals surface area contributed by atoms with Gasteiger partial charge in [0.25, 0.3) is 0 Å². The molecule has 1 atom stereocenters. The summed E-state index contributed by atoms with van der Waals surface area (Å²) in [6, 6.07) is 0. The van der Waals surface area contributed by atoms with Crippen LogP contribution in [-0.2, 0) is 24.1 Å². The molecule has 0 saturated carbocycles. The van der Waals surface area contributed by atoms with E-state index in [1.54, 1.807) is 27.7 Å². The van der Waals surface area contributed by atoms with Crippen LogP contribution in [0.5, 0.6) is 0 Å². The molecule has 1 unspecified atom stereocenters. The number of hydrogen-bond donors (Lipinski definition) is 0. The molecule has 0 aromatic rings. The summed E-state index contributed by atoms with van der Waals surface area (Å²) >= 11 is 0. The Bertz CT molecular complexity index is 414. The minimum atomic E-state index is -3.39. The van der Waals surface area contributed by atoms with Crippen LogP contribution in [0.1, 0.15) is 34.1 Å². The number of esters is 1. The Balaban J connectivity index is 4.65. The van der Waals surface area contributed by atoms with Gasteiger partial charge < -0.3 is 9.47 Å². The lowest BCUT2D eigenvalue weighted by molar-refractivity contribution is -0.155. The van der Waals surface area contributed by atoms with Crippen molar-refractivity contribution in [2.24, 2.45) is 5.92 Å². The van der Waals surface area contributed by atoms with Crippen LogP contribution in [0.25, 0.3) is 0 Å². The number of allylic oxidation sites excluding steroid dienone is 1. The number of sulfone groups is 1. The molecule has 0 N–H and O–H groups in total. The minimum Gasteiger partial charge on any atom is -0.487 e. The summed E-state index contributed by atoms with van der Waals surface area (Å²) in [5.74, 6) is -0.639. The lowest BCUT2D eigenvalue weighted by Crippen LogP contribution is -2.24. The van der Waals surface area contributed by atoms with Gasteiger partial charge in [0.1, 0.15) is 5.60 Å². The summed E-state index contributed by atoms with van der Waals surface area (Å²) in [5, 5.41) is -0.126. The highest BCUT2D eigenvalue weighted by Gasteiger charge is 2.19. The molecule has 0 rings (SSSR count). The van der Waals surface area contributed by atoms with Gasteiger partial charge in [0.05, 0.1) is 13.5 Å². The molecule has 0 aromatic heterocycles. The molecular formula is C12H22O5S. The Morgan fingerprint density at radius 2 is 1.83 bits per heavy atom. The van der Waals surface area contributed by atoms with Crippen LogP contribution in [-0.4, -0.2) is 33.4 Å². The first-order chi connectivity index (χ1) is 7.95. The average Bonchev–Trinajstić information content (AvgIpc) is 2.08. The number of rotatable bonds is 5. The topological polar surface area (TPSA) is 69.7 Å². The molecule has 0 radical (unpaired) electrons. The van der Waals surface area contributed by atoms with E-state index in [4.69, 9.17) is 9.47 Å². The van der Waals surface area contributed by atoms with Crippen molar-refractivity contribution in [1.82, 2.24) is 0 Å². The molecule has 0 spiro atoms. The van der Waals surface area contributed by atoms with E-state index in [1.165, 1.54) is 13.2 Å². The average molecular weight is 278 g/mol. The third-order valence-corrected chi connectivity index (χ3v) is 2.93. The number of carbonyl (C=O) groups is 1. The summed E-state index contributed by atoms with van der Waals surface area (Å²) in [5.41, 5.74) is -0.540. The van der Waals surface area contributed by atoms with E-state index in [9.17, 15) is 13.2 Å². The zero-order chi connectivity index (χ0) is 14.6. The van der Waals surface area contributed by atoms with Crippen LogP contribution in [0, 0.1) is 5.92 Å². The van der Waals surface area contributed by atoms with Gasteiger partial charge in [0, 0.05) is 6.26 Å². The molecule has 6 heteroatoms. The maximum atomic E-state index is 11.5. The SMILES string of the molecule is COC(=CC(C)CC(=O)OC(C)(C)C)S(C)(=O)=O. The molecule has 106 valence electrons. The third-order valence-electron chi connectivity index (χ3n) is 1.90. The fourth-order valence-corrected chi connectivity index (χ4v) is 2.06. The Labute approximate surface area is 109 Å². The molecule has 0 aromatic carbocycles. The van der Waals surface area contributed by atoms with Crippen LogP contribution in [0.4, 0.5) is 0 Å². The molecule has 18 heavy (non-hydrogen) atoms. The second kappa shape index (κ2) is 6.22. The lowest BCUT2D eigenvalue weighted by Gasteiger charge is -2.20. The van der Waals surface area contributed by atoms with Crippen LogP contribution >= 0.6 is 0 Å². The number of hydrogen-bond acceptors (Lipinski definition) is 5. The molecule has 0 aliphatic rings. The van der Waals surface area contributed by atoms with Gasteiger partial charge in [-0.3, -0.25) is 4.79 Å². The molecule has 0 aliphatic heterocycles. The van der Waals surface area contributed by atoms with E-state index in [2.05, 4.69) is 0 Å². The van der Waals surface area contributed by atoms with Crippen molar-refractivity contribution in [1.29, 1.82) is 0 Å². The monoisotopic (exact) mass is 278 g/mol. The number of ether oxygens (including phenoxy) is 2. The summed E-state index contributed by atoms with van der Waals surface area (Å²) in [6.45, 7) is 7.07. The van der Waals surface area contributed by atoms with Gasteiger partial charge in [0.2, 0.25) is 14.9 Å². The fraction of sp³-hybridized carbons (Fsp3) is 0.750. The third kappa shape index (κ3) is 7.32. The molecule has 0 heterocycles. The first-order valence-corrected chi connectivity index (χ1v) is 7.52. The van der Waals surface area contributed by atoms with E-state index >= 15 is 0 Å². The maximum absolute atomic E-state index is 11.5. The Hall–Kier alpha value is -1.04. The first kappa shape index (κ1) is 17.0. The summed E-state index contributed by atoms with van der Waals surface area (Å²) in [4.78, 5) is 11.5. The first-order valence-electron chi connectivity index (χ1n) is 5.63. The van der Waals surface area contributed by atoms with Gasteiger partial charge in [-0.05, 0) is 32.8 Å². The summed E-state index contributed by atoms with van der Waals surface area (Å²) in [6.07, 6.45) is 2.58. The van der Waals surface area contributed by atoms with Gasteiger partial charge in [0.15, 0.2) is 0 Å². The summed E-state index contributed by atoms with van der Waals surface area (Å²) in [7, 11) is -2.11. The van der Waals surface area contributed by atoms with Crippen molar-refractivity contribution in [3.8, 4) is 0 Å². The zero-order valence-corrected chi connectivity index (χ0v) is 12.6. The molecule has 0 saturated heterocycles. The predicted octanol–water partition coefficient (Wildman–Crippen LogP) is 1.89. The molecule has 0 amide bonds. The smallest absolute Gasteiger partial charge is 0.306 e. The standard InChI is InChI=1S/C12H22O5S/c1-9(7-10(13)17-12(2,3)4)8-11(16-5)18(6,14)15/h8-9H,7H2,1-6H3. The van der Waals surface area contributed by atoms with Crippen molar-refractivity contribution >= 4 is 15.8 Å². The second-order valence-electron chi connectivity index (χ2n) is 5.23. The van der Waals surface area contributed by atoms with Crippen LogP contribution in [0.15, 0.2) is 11.2 Å². The Kier molecular flexibility index (Phi) is 5.86. The quantitative estimate of drug-likeness (QED) is 0.567. The van der Waals surface area contributed by atoms with Crippen LogP contribution in [0.2, 0.25) is 0 Å². The highest BCUT2D eigenvalue weighted by atomic mass is 32.2. The summed E-state index contributed by atoms with van der Waals surface area (Å²) < 4.78 is 32.5. The van der Waals surface area contributed by atoms with E-state index in [1.807, 2.05) is 0 Å². The molecule has 5 nitrogen and oxygen atoms in total. The van der Waals surface area contributed by atoms with Crippen LogP contribution in [0.3, 0.4) is 0 Å². The van der Waals surface area contributed by atoms with E-state index in [-0.39, 0.29) is 23.4 Å². The van der Waals surface area contributed by atoms with Gasteiger partial charge in [-0.15, -0.1) is 0 Å². The van der Waals surface area contributed by atoms with E-state index < -0.39 is 15.4 Å². The Morgan fingerprint density at radius 1 is 1.33 bits per heavy atom. The van der Waals surface area contributed by atoms with E-state index in [0.717, 1.165) is 6.26 Å². The fourth-order valence-electron chi connectivity index (χ4n) is 1.28. The minimum absolute atomic E-state index is 0.111. The van der Waals surface area contributed by atoms with Crippen molar-refractivity contribution < 1.29 is 22.7 Å². The number of carbonyl (C=O) groups excluding carboxylic acids is 1. The molecule has 0 bridgehead atoms. The van der Waals surface area contributed by atoms with Gasteiger partial charge >= 0.3 is 5.97 Å². The van der Waals surface area contributed by atoms with Crippen LogP contribution < -0.4 is 0 Å². The number of methoxy groups -OCH3 is 1. The van der Waals surface area contributed by atoms with Crippen molar-refractivity contribution in [2.75, 3.05) is 13.4 Å². The lowest BCUT2D eigenvalue weighted by atomic mass is 10.1. The molecular weight excluding hydrogens is 256 g/mol. The van der Waals surface area contributed by atoms with Gasteiger partial charge in [-0.1, -0.05) is 6.92 Å². The molecule has 0 aliphatic carbocycles. The van der Waals surface area contributed by atoms with Gasteiger partial charge in [-0.25, -0.2) is 8.42 Å². The van der Waals surface area contributed by atoms with Crippen molar-refractivity contribution in [3.63, 3.8) is 0 Å². The highest BCUT2D eigenvalue weighted by molar-refractivity contribution is 7.94. The normalized spacial score (nSPS) is 15.1. The van der Waals surface area contributed by atoms with Crippen molar-refractivity contribution in [3.05, 3.63) is 11.2 Å². The highest BCUT2D eigenvalue weighted by Crippen LogP contribution is 2.16. The largest absolute Gasteiger partial charge is 0.487 e. The van der Waals surface area contributed by atoms with Gasteiger partial charge in [-0.2, -0.15) is 0 Å². The Morgan fingerprint density at radius 3 is 2.17 bits per heavy atom. The van der Waals surface area contributed by atoms with Crippen molar-refractivity contribution in [2.45, 2.75) is 39.7 Å². The second-order valence-corrected chi connectivity index (χ2v) is 7.18.